The van der Waals surface area contributed by atoms with Crippen LogP contribution in [-0.2, 0) is 11.3 Å². The first-order chi connectivity index (χ1) is 7.63. The summed E-state index contributed by atoms with van der Waals surface area (Å²) in [6.45, 7) is 4.61. The van der Waals surface area contributed by atoms with Crippen molar-refractivity contribution in [3.05, 3.63) is 35.4 Å². The summed E-state index contributed by atoms with van der Waals surface area (Å²) in [5.74, 6) is -0.0663. The fourth-order valence-electron chi connectivity index (χ4n) is 1.58. The highest BCUT2D eigenvalue weighted by Crippen LogP contribution is 2.03. The predicted octanol–water partition coefficient (Wildman–Crippen LogP) is 1.74. The van der Waals surface area contributed by atoms with E-state index in [-0.39, 0.29) is 11.9 Å². The van der Waals surface area contributed by atoms with Crippen molar-refractivity contribution in [2.45, 2.75) is 39.3 Å². The van der Waals surface area contributed by atoms with Crippen LogP contribution in [-0.4, -0.2) is 11.9 Å². The lowest BCUT2D eigenvalue weighted by molar-refractivity contribution is -0.122. The van der Waals surface area contributed by atoms with Crippen molar-refractivity contribution < 1.29 is 4.79 Å². The highest BCUT2D eigenvalue weighted by atomic mass is 16.2. The molecular formula is C13H20N2O. The minimum absolute atomic E-state index is 0.0663. The first-order valence-corrected chi connectivity index (χ1v) is 5.72. The second-order valence-electron chi connectivity index (χ2n) is 4.10. The van der Waals surface area contributed by atoms with Crippen LogP contribution in [0.5, 0.6) is 0 Å². The molecule has 1 amide bonds. The van der Waals surface area contributed by atoms with Crippen molar-refractivity contribution in [1.82, 2.24) is 5.32 Å². The summed E-state index contributed by atoms with van der Waals surface area (Å²) >= 11 is 0. The molecule has 3 heteroatoms. The molecule has 1 atom stereocenters. The Morgan fingerprint density at radius 2 is 2.25 bits per heavy atom. The van der Waals surface area contributed by atoms with Crippen LogP contribution in [0.15, 0.2) is 24.3 Å². The molecule has 0 spiro atoms. The third-order valence-electron chi connectivity index (χ3n) is 2.49. The molecular weight excluding hydrogens is 200 g/mol. The zero-order valence-electron chi connectivity index (χ0n) is 9.99. The number of rotatable bonds is 5. The molecule has 1 aromatic carbocycles. The van der Waals surface area contributed by atoms with E-state index >= 15 is 0 Å². The van der Waals surface area contributed by atoms with Gasteiger partial charge in [0.1, 0.15) is 0 Å². The molecule has 1 aromatic rings. The van der Waals surface area contributed by atoms with Gasteiger partial charge in [-0.25, -0.2) is 0 Å². The maximum atomic E-state index is 11.6. The highest BCUT2D eigenvalue weighted by Gasteiger charge is 2.11. The second kappa shape index (κ2) is 6.28. The molecule has 0 saturated heterocycles. The molecule has 0 bridgehead atoms. The fraction of sp³-hybridized carbons (Fsp3) is 0.462. The smallest absolute Gasteiger partial charge is 0.237 e. The third-order valence-corrected chi connectivity index (χ3v) is 2.49. The van der Waals surface area contributed by atoms with Gasteiger partial charge < -0.3 is 11.1 Å². The van der Waals surface area contributed by atoms with Gasteiger partial charge >= 0.3 is 0 Å². The SMILES string of the molecule is CCC[C@H](N)C(=O)NCc1cccc(C)c1. The minimum atomic E-state index is -0.380. The molecule has 0 unspecified atom stereocenters. The van der Waals surface area contributed by atoms with Crippen LogP contribution in [0.4, 0.5) is 0 Å². The Morgan fingerprint density at radius 3 is 2.88 bits per heavy atom. The molecule has 0 heterocycles. The largest absolute Gasteiger partial charge is 0.351 e. The lowest BCUT2D eigenvalue weighted by atomic mass is 10.1. The van der Waals surface area contributed by atoms with E-state index in [2.05, 4.69) is 11.4 Å². The van der Waals surface area contributed by atoms with E-state index in [1.807, 2.05) is 32.0 Å². The van der Waals surface area contributed by atoms with E-state index in [4.69, 9.17) is 5.73 Å². The number of nitrogens with two attached hydrogens (primary N) is 1. The topological polar surface area (TPSA) is 55.1 Å². The Hall–Kier alpha value is -1.35. The Kier molecular flexibility index (Phi) is 4.99. The monoisotopic (exact) mass is 220 g/mol. The summed E-state index contributed by atoms with van der Waals surface area (Å²) in [6.07, 6.45) is 1.67. The number of nitrogens with one attached hydrogen (secondary N) is 1. The zero-order valence-corrected chi connectivity index (χ0v) is 9.99. The van der Waals surface area contributed by atoms with Crippen LogP contribution in [0.3, 0.4) is 0 Å². The molecule has 0 aliphatic heterocycles. The zero-order chi connectivity index (χ0) is 12.0. The number of carbonyl (C=O) groups excluding carboxylic acids is 1. The van der Waals surface area contributed by atoms with E-state index < -0.39 is 0 Å². The summed E-state index contributed by atoms with van der Waals surface area (Å²) in [7, 11) is 0. The first kappa shape index (κ1) is 12.7. The van der Waals surface area contributed by atoms with E-state index in [1.165, 1.54) is 5.56 Å². The van der Waals surface area contributed by atoms with Gasteiger partial charge in [-0.15, -0.1) is 0 Å². The fourth-order valence-corrected chi connectivity index (χ4v) is 1.58. The van der Waals surface area contributed by atoms with Crippen LogP contribution < -0.4 is 11.1 Å². The first-order valence-electron chi connectivity index (χ1n) is 5.72. The molecule has 0 aliphatic rings. The number of hydrogen-bond acceptors (Lipinski definition) is 2. The number of carbonyl (C=O) groups is 1. The van der Waals surface area contributed by atoms with Gasteiger partial charge in [-0.05, 0) is 18.9 Å². The van der Waals surface area contributed by atoms with Gasteiger partial charge in [0.05, 0.1) is 6.04 Å². The standard InChI is InChI=1S/C13H20N2O/c1-3-5-12(14)13(16)15-9-11-7-4-6-10(2)8-11/h4,6-8,12H,3,5,9,14H2,1-2H3,(H,15,16)/t12-/m0/s1. The van der Waals surface area contributed by atoms with E-state index in [0.29, 0.717) is 6.54 Å². The molecule has 0 aliphatic carbocycles. The van der Waals surface area contributed by atoms with Gasteiger partial charge in [0.2, 0.25) is 5.91 Å². The third kappa shape index (κ3) is 4.03. The van der Waals surface area contributed by atoms with Crippen molar-refractivity contribution in [2.24, 2.45) is 5.73 Å². The van der Waals surface area contributed by atoms with Gasteiger partial charge in [0, 0.05) is 6.54 Å². The van der Waals surface area contributed by atoms with Crippen molar-refractivity contribution in [3.63, 3.8) is 0 Å². The van der Waals surface area contributed by atoms with Crippen molar-refractivity contribution in [3.8, 4) is 0 Å². The van der Waals surface area contributed by atoms with Gasteiger partial charge in [0.15, 0.2) is 0 Å². The Balaban J connectivity index is 2.42. The van der Waals surface area contributed by atoms with Crippen molar-refractivity contribution in [1.29, 1.82) is 0 Å². The van der Waals surface area contributed by atoms with Gasteiger partial charge in [-0.3, -0.25) is 4.79 Å². The quantitative estimate of drug-likeness (QED) is 0.794. The average molecular weight is 220 g/mol. The normalized spacial score (nSPS) is 12.2. The van der Waals surface area contributed by atoms with Crippen LogP contribution >= 0.6 is 0 Å². The van der Waals surface area contributed by atoms with Crippen molar-refractivity contribution >= 4 is 5.91 Å². The molecule has 16 heavy (non-hydrogen) atoms. The van der Waals surface area contributed by atoms with Crippen LogP contribution in [0.1, 0.15) is 30.9 Å². The minimum Gasteiger partial charge on any atom is -0.351 e. The summed E-state index contributed by atoms with van der Waals surface area (Å²) in [6, 6.07) is 7.70. The molecule has 0 aromatic heterocycles. The number of amides is 1. The second-order valence-corrected chi connectivity index (χ2v) is 4.10. The predicted molar refractivity (Wildman–Crippen MR) is 65.9 cm³/mol. The van der Waals surface area contributed by atoms with E-state index in [0.717, 1.165) is 18.4 Å². The number of benzene rings is 1. The van der Waals surface area contributed by atoms with E-state index in [1.54, 1.807) is 0 Å². The molecule has 0 radical (unpaired) electrons. The summed E-state index contributed by atoms with van der Waals surface area (Å²) in [4.78, 5) is 11.6. The maximum absolute atomic E-state index is 11.6. The molecule has 3 nitrogen and oxygen atoms in total. The summed E-state index contributed by atoms with van der Waals surface area (Å²) < 4.78 is 0. The summed E-state index contributed by atoms with van der Waals surface area (Å²) in [5.41, 5.74) is 8.02. The molecule has 0 saturated carbocycles. The Labute approximate surface area is 97.0 Å². The lowest BCUT2D eigenvalue weighted by Crippen LogP contribution is -2.40. The van der Waals surface area contributed by atoms with Crippen LogP contribution in [0.2, 0.25) is 0 Å². The number of aryl methyl sites for hydroxylation is 1. The van der Waals surface area contributed by atoms with Gasteiger partial charge in [-0.1, -0.05) is 43.2 Å². The van der Waals surface area contributed by atoms with E-state index in [9.17, 15) is 4.79 Å². The molecule has 1 rings (SSSR count). The molecule has 0 fully saturated rings. The average Bonchev–Trinajstić information content (AvgIpc) is 2.26. The van der Waals surface area contributed by atoms with Gasteiger partial charge in [-0.2, -0.15) is 0 Å². The molecule has 88 valence electrons. The lowest BCUT2D eigenvalue weighted by Gasteiger charge is -2.11. The number of hydrogen-bond donors (Lipinski definition) is 2. The van der Waals surface area contributed by atoms with Crippen LogP contribution in [0, 0.1) is 6.92 Å². The Bertz CT molecular complexity index is 350. The van der Waals surface area contributed by atoms with Gasteiger partial charge in [0.25, 0.3) is 0 Å². The Morgan fingerprint density at radius 1 is 1.50 bits per heavy atom. The van der Waals surface area contributed by atoms with Crippen molar-refractivity contribution in [2.75, 3.05) is 0 Å². The molecule has 3 N–H and O–H groups in total. The van der Waals surface area contributed by atoms with Crippen LogP contribution in [0.25, 0.3) is 0 Å². The highest BCUT2D eigenvalue weighted by molar-refractivity contribution is 5.81. The summed E-state index contributed by atoms with van der Waals surface area (Å²) in [5, 5.41) is 2.85. The maximum Gasteiger partial charge on any atom is 0.237 e.